The van der Waals surface area contributed by atoms with Gasteiger partial charge in [0, 0.05) is 19.4 Å². The summed E-state index contributed by atoms with van der Waals surface area (Å²) < 4.78 is 11.0. The average Bonchev–Trinajstić information content (AvgIpc) is 3.46. The number of nitrogens with one attached hydrogen (secondary N) is 1. The lowest BCUT2D eigenvalue weighted by molar-refractivity contribution is -0.132. The molecule has 0 fully saturated rings. The van der Waals surface area contributed by atoms with Crippen LogP contribution in [0.5, 0.6) is 0 Å². The zero-order chi connectivity index (χ0) is 20.2. The predicted octanol–water partition coefficient (Wildman–Crippen LogP) is 3.00. The Kier molecular flexibility index (Phi) is 5.52. The van der Waals surface area contributed by atoms with Crippen molar-refractivity contribution in [1.29, 1.82) is 0 Å². The molecule has 0 spiro atoms. The van der Waals surface area contributed by atoms with Crippen molar-refractivity contribution in [2.45, 2.75) is 32.7 Å². The predicted molar refractivity (Wildman–Crippen MR) is 106 cm³/mol. The molecular formula is C19H19N5O4S. The summed E-state index contributed by atoms with van der Waals surface area (Å²) in [5.74, 6) is 1.64. The first-order chi connectivity index (χ1) is 14.1. The SMILES string of the molecule is CCCN(Cc1nc2ccsc2c(=O)[nH]1)C(=O)CCc1nc(-c2ccco2)no1. The molecule has 0 atom stereocenters. The first kappa shape index (κ1) is 19.1. The highest BCUT2D eigenvalue weighted by atomic mass is 32.1. The molecule has 150 valence electrons. The molecule has 9 nitrogen and oxygen atoms in total. The van der Waals surface area contributed by atoms with Crippen molar-refractivity contribution in [2.75, 3.05) is 6.54 Å². The van der Waals surface area contributed by atoms with E-state index >= 15 is 0 Å². The lowest BCUT2D eigenvalue weighted by Crippen LogP contribution is -2.33. The van der Waals surface area contributed by atoms with Crippen LogP contribution in [0.3, 0.4) is 0 Å². The van der Waals surface area contributed by atoms with Crippen LogP contribution in [0.2, 0.25) is 0 Å². The molecule has 4 aromatic heterocycles. The molecule has 4 rings (SSSR count). The Morgan fingerprint density at radius 3 is 3.00 bits per heavy atom. The van der Waals surface area contributed by atoms with Crippen molar-refractivity contribution in [3.63, 3.8) is 0 Å². The lowest BCUT2D eigenvalue weighted by Gasteiger charge is -2.21. The van der Waals surface area contributed by atoms with Gasteiger partial charge in [-0.25, -0.2) is 4.98 Å². The maximum Gasteiger partial charge on any atom is 0.268 e. The Hall–Kier alpha value is -3.27. The topological polar surface area (TPSA) is 118 Å². The molecule has 4 aromatic rings. The number of furan rings is 1. The third-order valence-corrected chi connectivity index (χ3v) is 5.22. The minimum atomic E-state index is -0.180. The van der Waals surface area contributed by atoms with E-state index in [1.54, 1.807) is 23.1 Å². The highest BCUT2D eigenvalue weighted by molar-refractivity contribution is 7.17. The number of carbonyl (C=O) groups is 1. The number of aromatic nitrogens is 4. The summed E-state index contributed by atoms with van der Waals surface area (Å²) in [5, 5.41) is 5.69. The van der Waals surface area contributed by atoms with Gasteiger partial charge in [-0.2, -0.15) is 4.98 Å². The molecule has 0 saturated carbocycles. The van der Waals surface area contributed by atoms with E-state index in [0.29, 0.717) is 46.5 Å². The number of aryl methyl sites for hydroxylation is 1. The fourth-order valence-electron chi connectivity index (χ4n) is 2.97. The Morgan fingerprint density at radius 2 is 2.21 bits per heavy atom. The molecule has 0 aromatic carbocycles. The highest BCUT2D eigenvalue weighted by Gasteiger charge is 2.18. The summed E-state index contributed by atoms with van der Waals surface area (Å²) in [7, 11) is 0. The summed E-state index contributed by atoms with van der Waals surface area (Å²) in [5.41, 5.74) is 0.467. The van der Waals surface area contributed by atoms with Gasteiger partial charge < -0.3 is 18.8 Å². The summed E-state index contributed by atoms with van der Waals surface area (Å²) in [6.07, 6.45) is 2.86. The van der Waals surface area contributed by atoms with Crippen LogP contribution >= 0.6 is 11.3 Å². The van der Waals surface area contributed by atoms with Crippen LogP contribution in [0.25, 0.3) is 21.8 Å². The molecule has 0 aliphatic heterocycles. The van der Waals surface area contributed by atoms with E-state index in [1.807, 2.05) is 12.3 Å². The molecule has 0 aliphatic carbocycles. The third kappa shape index (κ3) is 4.27. The van der Waals surface area contributed by atoms with Gasteiger partial charge in [-0.15, -0.1) is 11.3 Å². The van der Waals surface area contributed by atoms with Gasteiger partial charge in [0.15, 0.2) is 5.76 Å². The third-order valence-electron chi connectivity index (χ3n) is 4.31. The Balaban J connectivity index is 1.42. The van der Waals surface area contributed by atoms with E-state index in [-0.39, 0.29) is 24.4 Å². The first-order valence-corrected chi connectivity index (χ1v) is 10.1. The van der Waals surface area contributed by atoms with Gasteiger partial charge in [0.05, 0.1) is 18.3 Å². The first-order valence-electron chi connectivity index (χ1n) is 9.24. The fourth-order valence-corrected chi connectivity index (χ4v) is 3.70. The molecule has 0 aliphatic rings. The van der Waals surface area contributed by atoms with E-state index in [4.69, 9.17) is 8.94 Å². The molecule has 1 amide bonds. The fraction of sp³-hybridized carbons (Fsp3) is 0.316. The molecule has 0 bridgehead atoms. The van der Waals surface area contributed by atoms with E-state index in [1.165, 1.54) is 17.6 Å². The Labute approximate surface area is 169 Å². The van der Waals surface area contributed by atoms with Gasteiger partial charge in [-0.1, -0.05) is 12.1 Å². The summed E-state index contributed by atoms with van der Waals surface area (Å²) in [4.78, 5) is 38.1. The van der Waals surface area contributed by atoms with E-state index in [0.717, 1.165) is 6.42 Å². The van der Waals surface area contributed by atoms with Crippen LogP contribution in [0.1, 0.15) is 31.5 Å². The maximum absolute atomic E-state index is 12.7. The van der Waals surface area contributed by atoms with Gasteiger partial charge in [0.25, 0.3) is 5.56 Å². The zero-order valence-corrected chi connectivity index (χ0v) is 16.6. The van der Waals surface area contributed by atoms with E-state index in [9.17, 15) is 9.59 Å². The zero-order valence-electron chi connectivity index (χ0n) is 15.8. The Morgan fingerprint density at radius 1 is 1.31 bits per heavy atom. The average molecular weight is 413 g/mol. The number of aromatic amines is 1. The number of rotatable bonds is 8. The lowest BCUT2D eigenvalue weighted by atomic mass is 10.2. The summed E-state index contributed by atoms with van der Waals surface area (Å²) >= 11 is 1.35. The van der Waals surface area contributed by atoms with Crippen LogP contribution in [0, 0.1) is 0 Å². The number of amides is 1. The normalized spacial score (nSPS) is 11.2. The summed E-state index contributed by atoms with van der Waals surface area (Å²) in [6, 6.07) is 5.28. The van der Waals surface area contributed by atoms with Crippen LogP contribution in [-0.4, -0.2) is 37.5 Å². The number of hydrogen-bond acceptors (Lipinski definition) is 8. The standard InChI is InChI=1S/C19H19N5O4S/c1-2-8-24(11-14-20-12-7-10-29-17(12)19(26)21-14)16(25)6-5-15-22-18(23-28-15)13-4-3-9-27-13/h3-4,7,9-10H,2,5-6,8,11H2,1H3,(H,20,21,26). The molecule has 29 heavy (non-hydrogen) atoms. The largest absolute Gasteiger partial charge is 0.461 e. The van der Waals surface area contributed by atoms with Crippen LogP contribution in [-0.2, 0) is 17.8 Å². The molecule has 4 heterocycles. The molecule has 10 heteroatoms. The molecule has 0 unspecified atom stereocenters. The van der Waals surface area contributed by atoms with Crippen LogP contribution in [0.15, 0.2) is 43.6 Å². The number of thiophene rings is 1. The number of nitrogens with zero attached hydrogens (tertiary/aromatic N) is 4. The molecule has 1 N–H and O–H groups in total. The minimum absolute atomic E-state index is 0.0716. The monoisotopic (exact) mass is 413 g/mol. The molecule has 0 radical (unpaired) electrons. The van der Waals surface area contributed by atoms with Gasteiger partial charge in [-0.05, 0) is 30.0 Å². The molecule has 0 saturated heterocycles. The second-order valence-corrected chi connectivity index (χ2v) is 7.37. The van der Waals surface area contributed by atoms with E-state index in [2.05, 4.69) is 20.1 Å². The van der Waals surface area contributed by atoms with Crippen molar-refractivity contribution in [3.8, 4) is 11.6 Å². The van der Waals surface area contributed by atoms with Crippen molar-refractivity contribution in [3.05, 3.63) is 51.9 Å². The van der Waals surface area contributed by atoms with Gasteiger partial charge >= 0.3 is 0 Å². The van der Waals surface area contributed by atoms with Crippen LogP contribution < -0.4 is 5.56 Å². The van der Waals surface area contributed by atoms with Crippen molar-refractivity contribution < 1.29 is 13.7 Å². The van der Waals surface area contributed by atoms with Crippen LogP contribution in [0.4, 0.5) is 0 Å². The minimum Gasteiger partial charge on any atom is -0.461 e. The summed E-state index contributed by atoms with van der Waals surface area (Å²) in [6.45, 7) is 2.80. The smallest absolute Gasteiger partial charge is 0.268 e. The van der Waals surface area contributed by atoms with Crippen molar-refractivity contribution >= 4 is 27.5 Å². The van der Waals surface area contributed by atoms with Gasteiger partial charge in [0.2, 0.25) is 17.6 Å². The van der Waals surface area contributed by atoms with Gasteiger partial charge in [0.1, 0.15) is 10.5 Å². The number of carbonyl (C=O) groups excluding carboxylic acids is 1. The van der Waals surface area contributed by atoms with Crippen molar-refractivity contribution in [1.82, 2.24) is 25.0 Å². The number of hydrogen-bond donors (Lipinski definition) is 1. The quantitative estimate of drug-likeness (QED) is 0.472. The van der Waals surface area contributed by atoms with E-state index < -0.39 is 0 Å². The maximum atomic E-state index is 12.7. The molecular weight excluding hydrogens is 394 g/mol. The number of fused-ring (bicyclic) bond motifs is 1. The van der Waals surface area contributed by atoms with Gasteiger partial charge in [-0.3, -0.25) is 9.59 Å². The second kappa shape index (κ2) is 8.39. The Bertz CT molecular complexity index is 1160. The second-order valence-electron chi connectivity index (χ2n) is 6.45. The highest BCUT2D eigenvalue weighted by Crippen LogP contribution is 2.17. The number of H-pyrrole nitrogens is 1. The van der Waals surface area contributed by atoms with Crippen molar-refractivity contribution in [2.24, 2.45) is 0 Å².